The summed E-state index contributed by atoms with van der Waals surface area (Å²) in [5.41, 5.74) is 7.78. The van der Waals surface area contributed by atoms with Crippen LogP contribution in [0.2, 0.25) is 0 Å². The van der Waals surface area contributed by atoms with E-state index in [9.17, 15) is 9.59 Å². The van der Waals surface area contributed by atoms with Crippen LogP contribution in [0.3, 0.4) is 0 Å². The smallest absolute Gasteiger partial charge is 0.267 e. The molecule has 1 fully saturated rings. The SMILES string of the molecule is COc1ccc(C(CNC(=O)C2=NN(c3ccccc3)C(C(N)=O)C2)N2CCCCC2)cc1. The van der Waals surface area contributed by atoms with Crippen molar-refractivity contribution in [2.24, 2.45) is 10.8 Å². The molecule has 0 aliphatic carbocycles. The van der Waals surface area contributed by atoms with E-state index in [0.717, 1.165) is 42.9 Å². The third-order valence-electron chi connectivity index (χ3n) is 6.31. The van der Waals surface area contributed by atoms with Crippen LogP contribution >= 0.6 is 0 Å². The molecule has 33 heavy (non-hydrogen) atoms. The highest BCUT2D eigenvalue weighted by molar-refractivity contribution is 6.40. The van der Waals surface area contributed by atoms with Crippen LogP contribution in [0.1, 0.15) is 37.3 Å². The van der Waals surface area contributed by atoms with Gasteiger partial charge in [0.25, 0.3) is 5.91 Å². The van der Waals surface area contributed by atoms with Crippen molar-refractivity contribution in [1.82, 2.24) is 10.2 Å². The molecule has 2 aliphatic heterocycles. The first-order valence-electron chi connectivity index (χ1n) is 11.4. The number of para-hydroxylation sites is 1. The number of benzene rings is 2. The van der Waals surface area contributed by atoms with Crippen molar-refractivity contribution in [1.29, 1.82) is 0 Å². The van der Waals surface area contributed by atoms with Gasteiger partial charge in [-0.05, 0) is 55.8 Å². The van der Waals surface area contributed by atoms with E-state index < -0.39 is 11.9 Å². The fourth-order valence-electron chi connectivity index (χ4n) is 4.49. The summed E-state index contributed by atoms with van der Waals surface area (Å²) in [5, 5.41) is 9.06. The van der Waals surface area contributed by atoms with Crippen LogP contribution in [0.5, 0.6) is 5.75 Å². The zero-order chi connectivity index (χ0) is 23.2. The molecule has 0 spiro atoms. The van der Waals surface area contributed by atoms with E-state index in [1.165, 1.54) is 6.42 Å². The third kappa shape index (κ3) is 5.34. The molecule has 174 valence electrons. The predicted molar refractivity (Wildman–Crippen MR) is 128 cm³/mol. The fourth-order valence-corrected chi connectivity index (χ4v) is 4.49. The van der Waals surface area contributed by atoms with Crippen molar-refractivity contribution in [3.8, 4) is 5.75 Å². The number of nitrogens with one attached hydrogen (secondary N) is 1. The molecule has 2 amide bonds. The van der Waals surface area contributed by atoms with E-state index in [4.69, 9.17) is 10.5 Å². The maximum Gasteiger partial charge on any atom is 0.267 e. The number of anilines is 1. The number of primary amides is 1. The van der Waals surface area contributed by atoms with E-state index in [-0.39, 0.29) is 18.4 Å². The van der Waals surface area contributed by atoms with Gasteiger partial charge in [0.05, 0.1) is 18.8 Å². The van der Waals surface area contributed by atoms with Crippen LogP contribution in [-0.4, -0.2) is 55.2 Å². The van der Waals surface area contributed by atoms with Gasteiger partial charge in [-0.25, -0.2) is 0 Å². The van der Waals surface area contributed by atoms with Crippen LogP contribution in [0, 0.1) is 0 Å². The number of hydrazone groups is 1. The monoisotopic (exact) mass is 449 g/mol. The number of ether oxygens (including phenoxy) is 1. The number of nitrogens with two attached hydrogens (primary N) is 1. The number of rotatable bonds is 8. The van der Waals surface area contributed by atoms with Gasteiger partial charge < -0.3 is 15.8 Å². The Labute approximate surface area is 194 Å². The summed E-state index contributed by atoms with van der Waals surface area (Å²) >= 11 is 0. The Morgan fingerprint density at radius 1 is 1.09 bits per heavy atom. The van der Waals surface area contributed by atoms with E-state index in [2.05, 4.69) is 27.5 Å². The first kappa shape index (κ1) is 22.8. The summed E-state index contributed by atoms with van der Waals surface area (Å²) in [6.07, 6.45) is 3.73. The molecule has 2 unspecified atom stereocenters. The lowest BCUT2D eigenvalue weighted by Gasteiger charge is -2.35. The van der Waals surface area contributed by atoms with Crippen LogP contribution in [0.4, 0.5) is 5.69 Å². The molecule has 2 aliphatic rings. The molecule has 8 nitrogen and oxygen atoms in total. The van der Waals surface area contributed by atoms with Crippen molar-refractivity contribution >= 4 is 23.2 Å². The van der Waals surface area contributed by atoms with Crippen molar-refractivity contribution in [3.63, 3.8) is 0 Å². The molecule has 0 radical (unpaired) electrons. The summed E-state index contributed by atoms with van der Waals surface area (Å²) < 4.78 is 5.29. The first-order chi connectivity index (χ1) is 16.1. The molecule has 3 N–H and O–H groups in total. The topological polar surface area (TPSA) is 100 Å². The summed E-state index contributed by atoms with van der Waals surface area (Å²) in [5.74, 6) is 0.0315. The Kier molecular flexibility index (Phi) is 7.24. The lowest BCUT2D eigenvalue weighted by Crippen LogP contribution is -2.42. The summed E-state index contributed by atoms with van der Waals surface area (Å²) in [4.78, 5) is 27.5. The van der Waals surface area contributed by atoms with Gasteiger partial charge in [0.2, 0.25) is 5.91 Å². The molecular formula is C25H31N5O3. The van der Waals surface area contributed by atoms with Crippen LogP contribution in [0.25, 0.3) is 0 Å². The van der Waals surface area contributed by atoms with Gasteiger partial charge in [0.15, 0.2) is 0 Å². The Morgan fingerprint density at radius 2 is 1.79 bits per heavy atom. The van der Waals surface area contributed by atoms with Crippen molar-refractivity contribution in [2.75, 3.05) is 31.8 Å². The first-order valence-corrected chi connectivity index (χ1v) is 11.4. The number of piperidine rings is 1. The zero-order valence-corrected chi connectivity index (χ0v) is 18.9. The number of hydrogen-bond donors (Lipinski definition) is 2. The molecule has 2 atom stereocenters. The van der Waals surface area contributed by atoms with E-state index in [0.29, 0.717) is 12.3 Å². The van der Waals surface area contributed by atoms with Crippen molar-refractivity contribution in [2.45, 2.75) is 37.8 Å². The van der Waals surface area contributed by atoms with E-state index >= 15 is 0 Å². The lowest BCUT2D eigenvalue weighted by molar-refractivity contribution is -0.119. The fraction of sp³-hybridized carbons (Fsp3) is 0.400. The normalized spacial score (nSPS) is 19.6. The maximum absolute atomic E-state index is 13.1. The van der Waals surface area contributed by atoms with Crippen LogP contribution < -0.4 is 20.8 Å². The molecular weight excluding hydrogens is 418 g/mol. The molecule has 0 aromatic heterocycles. The number of likely N-dealkylation sites (tertiary alicyclic amines) is 1. The largest absolute Gasteiger partial charge is 0.497 e. The molecule has 0 bridgehead atoms. The van der Waals surface area contributed by atoms with Crippen LogP contribution in [-0.2, 0) is 9.59 Å². The van der Waals surface area contributed by atoms with E-state index in [1.54, 1.807) is 12.1 Å². The summed E-state index contributed by atoms with van der Waals surface area (Å²) in [7, 11) is 1.65. The van der Waals surface area contributed by atoms with Gasteiger partial charge in [-0.15, -0.1) is 0 Å². The molecule has 4 rings (SSSR count). The van der Waals surface area contributed by atoms with Gasteiger partial charge in [0.1, 0.15) is 17.5 Å². The van der Waals surface area contributed by atoms with Crippen molar-refractivity contribution in [3.05, 3.63) is 60.2 Å². The standard InChI is InChI=1S/C25H31N5O3/c1-33-20-12-10-18(11-13-20)23(29-14-6-3-7-15-29)17-27-25(32)21-16-22(24(26)31)30(28-21)19-8-4-2-5-9-19/h2,4-5,8-13,22-23H,3,6-7,14-17H2,1H3,(H2,26,31)(H,27,32). The Hall–Kier alpha value is -3.39. The molecule has 2 aromatic carbocycles. The highest BCUT2D eigenvalue weighted by atomic mass is 16.5. The molecule has 2 aromatic rings. The number of methoxy groups -OCH3 is 1. The highest BCUT2D eigenvalue weighted by Gasteiger charge is 2.35. The van der Waals surface area contributed by atoms with Gasteiger partial charge in [-0.2, -0.15) is 5.10 Å². The second-order valence-electron chi connectivity index (χ2n) is 8.44. The second-order valence-corrected chi connectivity index (χ2v) is 8.44. The Morgan fingerprint density at radius 3 is 2.42 bits per heavy atom. The number of nitrogens with zero attached hydrogens (tertiary/aromatic N) is 3. The quantitative estimate of drug-likeness (QED) is 0.645. The average Bonchev–Trinajstić information content (AvgIpc) is 3.32. The molecule has 1 saturated heterocycles. The molecule has 0 saturated carbocycles. The van der Waals surface area contributed by atoms with Gasteiger partial charge in [0, 0.05) is 13.0 Å². The minimum atomic E-state index is -0.673. The summed E-state index contributed by atoms with van der Waals surface area (Å²) in [6.45, 7) is 2.45. The van der Waals surface area contributed by atoms with Crippen molar-refractivity contribution < 1.29 is 14.3 Å². The second kappa shape index (κ2) is 10.5. The van der Waals surface area contributed by atoms with Crippen LogP contribution in [0.15, 0.2) is 59.7 Å². The Balaban J connectivity index is 1.48. The van der Waals surface area contributed by atoms with E-state index in [1.807, 2.05) is 42.5 Å². The van der Waals surface area contributed by atoms with Gasteiger partial charge in [-0.1, -0.05) is 36.8 Å². The number of amides is 2. The van der Waals surface area contributed by atoms with Gasteiger partial charge in [-0.3, -0.25) is 19.5 Å². The number of carbonyl (C=O) groups is 2. The molecule has 2 heterocycles. The predicted octanol–water partition coefficient (Wildman–Crippen LogP) is 2.46. The number of carbonyl (C=O) groups excluding carboxylic acids is 2. The summed E-state index contributed by atoms with van der Waals surface area (Å²) in [6, 6.07) is 16.7. The lowest BCUT2D eigenvalue weighted by atomic mass is 10.0. The maximum atomic E-state index is 13.1. The third-order valence-corrected chi connectivity index (χ3v) is 6.31. The Bertz CT molecular complexity index is 987. The zero-order valence-electron chi connectivity index (χ0n) is 18.9. The average molecular weight is 450 g/mol. The van der Waals surface area contributed by atoms with Gasteiger partial charge >= 0.3 is 0 Å². The molecule has 8 heteroatoms. The number of hydrogen-bond acceptors (Lipinski definition) is 6. The minimum Gasteiger partial charge on any atom is -0.497 e. The highest BCUT2D eigenvalue weighted by Crippen LogP contribution is 2.27. The minimum absolute atomic E-state index is 0.0549.